The third-order valence-corrected chi connectivity index (χ3v) is 3.74. The molecule has 0 saturated carbocycles. The molecule has 0 heterocycles. The van der Waals surface area contributed by atoms with Gasteiger partial charge in [0.25, 0.3) is 5.91 Å². The lowest BCUT2D eigenvalue weighted by Crippen LogP contribution is -2.21. The van der Waals surface area contributed by atoms with Gasteiger partial charge in [-0.2, -0.15) is 0 Å². The van der Waals surface area contributed by atoms with Crippen LogP contribution in [-0.4, -0.2) is 23.6 Å². The highest BCUT2D eigenvalue weighted by Gasteiger charge is 2.14. The van der Waals surface area contributed by atoms with Gasteiger partial charge in [0.15, 0.2) is 6.61 Å². The number of para-hydroxylation sites is 1. The summed E-state index contributed by atoms with van der Waals surface area (Å²) < 4.78 is 5.40. The molecule has 1 amide bonds. The van der Waals surface area contributed by atoms with E-state index in [9.17, 15) is 14.7 Å². The molecule has 0 fully saturated rings. The van der Waals surface area contributed by atoms with Crippen molar-refractivity contribution in [1.82, 2.24) is 0 Å². The topological polar surface area (TPSA) is 75.6 Å². The molecule has 3 aromatic rings. The number of benzene rings is 3. The number of anilines is 1. The lowest BCUT2D eigenvalue weighted by Gasteiger charge is -2.12. The predicted octanol–water partition coefficient (Wildman–Crippen LogP) is 4.07. The van der Waals surface area contributed by atoms with Gasteiger partial charge >= 0.3 is 5.97 Å². The summed E-state index contributed by atoms with van der Waals surface area (Å²) in [6, 6.07) is 23.3. The van der Waals surface area contributed by atoms with Crippen LogP contribution in [0.25, 0.3) is 11.1 Å². The number of amides is 1. The normalized spacial score (nSPS) is 10.2. The lowest BCUT2D eigenvalue weighted by atomic mass is 10.0. The number of nitrogens with one attached hydrogen (secondary N) is 1. The van der Waals surface area contributed by atoms with E-state index >= 15 is 0 Å². The van der Waals surface area contributed by atoms with Gasteiger partial charge in [0, 0.05) is 0 Å². The van der Waals surface area contributed by atoms with Crippen LogP contribution in [0.15, 0.2) is 78.9 Å². The molecule has 3 rings (SSSR count). The number of ether oxygens (including phenoxy) is 1. The molecule has 0 atom stereocenters. The third kappa shape index (κ3) is 4.27. The highest BCUT2D eigenvalue weighted by atomic mass is 16.5. The molecule has 0 bridgehead atoms. The van der Waals surface area contributed by atoms with E-state index < -0.39 is 11.9 Å². The number of rotatable bonds is 6. The van der Waals surface area contributed by atoms with Crippen molar-refractivity contribution in [1.29, 1.82) is 0 Å². The van der Waals surface area contributed by atoms with E-state index in [1.165, 1.54) is 6.07 Å². The Labute approximate surface area is 150 Å². The average molecular weight is 347 g/mol. The Hall–Kier alpha value is -3.60. The van der Waals surface area contributed by atoms with Crippen molar-refractivity contribution in [2.24, 2.45) is 0 Å². The number of carbonyl (C=O) groups is 2. The van der Waals surface area contributed by atoms with Crippen LogP contribution in [0.2, 0.25) is 0 Å². The van der Waals surface area contributed by atoms with E-state index in [4.69, 9.17) is 4.74 Å². The first-order valence-electron chi connectivity index (χ1n) is 8.04. The van der Waals surface area contributed by atoms with Crippen LogP contribution in [0.1, 0.15) is 10.4 Å². The fraction of sp³-hybridized carbons (Fsp3) is 0.0476. The lowest BCUT2D eigenvalue weighted by molar-refractivity contribution is -0.118. The molecule has 0 aliphatic rings. The first kappa shape index (κ1) is 17.2. The SMILES string of the molecule is O=C(COc1ccccc1)Nc1cc(-c2ccccc2)ccc1C(=O)O. The van der Waals surface area contributed by atoms with Gasteiger partial charge in [-0.05, 0) is 35.4 Å². The summed E-state index contributed by atoms with van der Waals surface area (Å²) in [4.78, 5) is 23.6. The molecule has 2 N–H and O–H groups in total. The third-order valence-electron chi connectivity index (χ3n) is 3.74. The molecule has 0 aliphatic carbocycles. The van der Waals surface area contributed by atoms with Crippen LogP contribution in [0.4, 0.5) is 5.69 Å². The van der Waals surface area contributed by atoms with Crippen molar-refractivity contribution in [3.05, 3.63) is 84.4 Å². The summed E-state index contributed by atoms with van der Waals surface area (Å²) in [5.74, 6) is -0.968. The van der Waals surface area contributed by atoms with E-state index in [-0.39, 0.29) is 17.9 Å². The van der Waals surface area contributed by atoms with E-state index in [2.05, 4.69) is 5.32 Å². The number of hydrogen-bond acceptors (Lipinski definition) is 3. The molecule has 26 heavy (non-hydrogen) atoms. The molecule has 0 spiro atoms. The maximum absolute atomic E-state index is 12.2. The van der Waals surface area contributed by atoms with E-state index in [0.717, 1.165) is 11.1 Å². The molecule has 0 aliphatic heterocycles. The van der Waals surface area contributed by atoms with E-state index in [1.807, 2.05) is 36.4 Å². The highest BCUT2D eigenvalue weighted by Crippen LogP contribution is 2.26. The van der Waals surface area contributed by atoms with Crippen molar-refractivity contribution in [3.8, 4) is 16.9 Å². The second-order valence-corrected chi connectivity index (χ2v) is 5.58. The van der Waals surface area contributed by atoms with E-state index in [1.54, 1.807) is 36.4 Å². The highest BCUT2D eigenvalue weighted by molar-refractivity contribution is 6.02. The number of carbonyl (C=O) groups excluding carboxylic acids is 1. The van der Waals surface area contributed by atoms with Crippen LogP contribution in [0, 0.1) is 0 Å². The van der Waals surface area contributed by atoms with Gasteiger partial charge in [-0.25, -0.2) is 4.79 Å². The minimum Gasteiger partial charge on any atom is -0.484 e. The summed E-state index contributed by atoms with van der Waals surface area (Å²) in [5, 5.41) is 12.0. The minimum absolute atomic E-state index is 0.0257. The van der Waals surface area contributed by atoms with Gasteiger partial charge in [0.1, 0.15) is 5.75 Å². The zero-order chi connectivity index (χ0) is 18.4. The molecule has 130 valence electrons. The van der Waals surface area contributed by atoms with Gasteiger partial charge in [0.2, 0.25) is 0 Å². The van der Waals surface area contributed by atoms with Crippen LogP contribution < -0.4 is 10.1 Å². The number of aromatic carboxylic acids is 1. The summed E-state index contributed by atoms with van der Waals surface area (Å²) in [6.45, 7) is -0.210. The Kier molecular flexibility index (Phi) is 5.29. The quantitative estimate of drug-likeness (QED) is 0.705. The first-order chi connectivity index (χ1) is 12.6. The molecule has 5 nitrogen and oxygen atoms in total. The van der Waals surface area contributed by atoms with Crippen molar-refractivity contribution >= 4 is 17.6 Å². The predicted molar refractivity (Wildman–Crippen MR) is 99.4 cm³/mol. The summed E-state index contributed by atoms with van der Waals surface area (Å²) in [7, 11) is 0. The smallest absolute Gasteiger partial charge is 0.337 e. The molecule has 0 radical (unpaired) electrons. The molecule has 0 saturated heterocycles. The van der Waals surface area contributed by atoms with Crippen LogP contribution in [0.5, 0.6) is 5.75 Å². The second-order valence-electron chi connectivity index (χ2n) is 5.58. The molecule has 5 heteroatoms. The molecular formula is C21H17NO4. The van der Waals surface area contributed by atoms with Crippen molar-refractivity contribution in [2.45, 2.75) is 0 Å². The van der Waals surface area contributed by atoms with Crippen molar-refractivity contribution in [3.63, 3.8) is 0 Å². The summed E-state index contributed by atoms with van der Waals surface area (Å²) in [5.41, 5.74) is 2.01. The maximum atomic E-state index is 12.2. The van der Waals surface area contributed by atoms with Gasteiger partial charge < -0.3 is 15.2 Å². The zero-order valence-corrected chi connectivity index (χ0v) is 13.9. The van der Waals surface area contributed by atoms with Crippen LogP contribution in [0.3, 0.4) is 0 Å². The monoisotopic (exact) mass is 347 g/mol. The Balaban J connectivity index is 1.78. The van der Waals surface area contributed by atoms with Gasteiger partial charge in [-0.1, -0.05) is 54.6 Å². The number of carboxylic acid groups (broad SMARTS) is 1. The largest absolute Gasteiger partial charge is 0.484 e. The Morgan fingerprint density at radius 1 is 0.846 bits per heavy atom. The average Bonchev–Trinajstić information content (AvgIpc) is 2.67. The van der Waals surface area contributed by atoms with Crippen molar-refractivity contribution in [2.75, 3.05) is 11.9 Å². The second kappa shape index (κ2) is 7.98. The molecule has 3 aromatic carbocycles. The zero-order valence-electron chi connectivity index (χ0n) is 13.9. The Bertz CT molecular complexity index is 908. The maximum Gasteiger partial charge on any atom is 0.337 e. The first-order valence-corrected chi connectivity index (χ1v) is 8.04. The molecule has 0 aromatic heterocycles. The summed E-state index contributed by atoms with van der Waals surface area (Å²) in [6.07, 6.45) is 0. The van der Waals surface area contributed by atoms with E-state index in [0.29, 0.717) is 5.75 Å². The van der Waals surface area contributed by atoms with Crippen molar-refractivity contribution < 1.29 is 19.4 Å². The fourth-order valence-electron chi connectivity index (χ4n) is 2.50. The molecular weight excluding hydrogens is 330 g/mol. The van der Waals surface area contributed by atoms with Crippen LogP contribution in [-0.2, 0) is 4.79 Å². The minimum atomic E-state index is -1.11. The van der Waals surface area contributed by atoms with Gasteiger partial charge in [-0.15, -0.1) is 0 Å². The fourth-order valence-corrected chi connectivity index (χ4v) is 2.50. The Morgan fingerprint density at radius 3 is 2.15 bits per heavy atom. The van der Waals surface area contributed by atoms with Gasteiger partial charge in [-0.3, -0.25) is 4.79 Å². The number of carboxylic acids is 1. The van der Waals surface area contributed by atoms with Crippen LogP contribution >= 0.6 is 0 Å². The summed E-state index contributed by atoms with van der Waals surface area (Å²) >= 11 is 0. The van der Waals surface area contributed by atoms with Gasteiger partial charge in [0.05, 0.1) is 11.3 Å². The Morgan fingerprint density at radius 2 is 1.50 bits per heavy atom. The number of hydrogen-bond donors (Lipinski definition) is 2. The molecule has 0 unspecified atom stereocenters. The standard InChI is InChI=1S/C21H17NO4/c23-20(14-26-17-9-5-2-6-10-17)22-19-13-16(11-12-18(19)21(24)25)15-7-3-1-4-8-15/h1-13H,14H2,(H,22,23)(H,24,25).